The Morgan fingerprint density at radius 1 is 1.04 bits per heavy atom. The van der Waals surface area contributed by atoms with E-state index in [0.717, 1.165) is 16.9 Å². The van der Waals surface area contributed by atoms with Crippen molar-refractivity contribution < 1.29 is 24.5 Å². The molecule has 0 aliphatic carbocycles. The van der Waals surface area contributed by atoms with Crippen molar-refractivity contribution in [2.45, 2.75) is 6.42 Å². The molecule has 5 nitrogen and oxygen atoms in total. The summed E-state index contributed by atoms with van der Waals surface area (Å²) in [6.45, 7) is 0. The van der Waals surface area contributed by atoms with E-state index in [1.54, 1.807) is 25.3 Å². The van der Waals surface area contributed by atoms with Crippen molar-refractivity contribution in [2.75, 3.05) is 7.11 Å². The minimum absolute atomic E-state index is 0.370. The van der Waals surface area contributed by atoms with Gasteiger partial charge in [0.05, 0.1) is 7.11 Å². The van der Waals surface area contributed by atoms with Gasteiger partial charge in [-0.2, -0.15) is 0 Å². The normalized spacial score (nSPS) is 11.1. The van der Waals surface area contributed by atoms with Crippen LogP contribution in [0.5, 0.6) is 5.75 Å². The van der Waals surface area contributed by atoms with E-state index >= 15 is 0 Å². The predicted molar refractivity (Wildman–Crippen MR) is 85.5 cm³/mol. The van der Waals surface area contributed by atoms with E-state index in [0.29, 0.717) is 18.1 Å². The van der Waals surface area contributed by atoms with Crippen LogP contribution in [0, 0.1) is 0 Å². The lowest BCUT2D eigenvalue weighted by atomic mass is 10.0. The minimum Gasteiger partial charge on any atom is -0.507 e. The van der Waals surface area contributed by atoms with Gasteiger partial charge >= 0.3 is 5.97 Å². The standard InChI is InChI=1S/C18H16O5/c1-23-15-7-3-5-13(10-15)8-12-4-2-6-14(9-12)16(19)11-17(20)18(21)22/h2-7,9-11,19H,8H2,1H3,(H,21,22)/b16-11-. The number of hydrogen-bond acceptors (Lipinski definition) is 4. The second-order valence-electron chi connectivity index (χ2n) is 4.93. The zero-order valence-corrected chi connectivity index (χ0v) is 12.5. The second-order valence-corrected chi connectivity index (χ2v) is 4.93. The number of carbonyl (C=O) groups is 2. The van der Waals surface area contributed by atoms with Crippen LogP contribution < -0.4 is 4.74 Å². The number of ether oxygens (including phenoxy) is 1. The van der Waals surface area contributed by atoms with Gasteiger partial charge in [0.2, 0.25) is 0 Å². The molecule has 0 amide bonds. The number of aliphatic carboxylic acids is 1. The number of carboxylic acids is 1. The molecule has 0 atom stereocenters. The lowest BCUT2D eigenvalue weighted by Gasteiger charge is -2.07. The van der Waals surface area contributed by atoms with Crippen LogP contribution in [0.1, 0.15) is 16.7 Å². The zero-order chi connectivity index (χ0) is 16.8. The molecule has 0 fully saturated rings. The van der Waals surface area contributed by atoms with Gasteiger partial charge in [-0.25, -0.2) is 4.79 Å². The Morgan fingerprint density at radius 2 is 1.70 bits per heavy atom. The Morgan fingerprint density at radius 3 is 2.35 bits per heavy atom. The molecule has 0 aliphatic heterocycles. The van der Waals surface area contributed by atoms with Crippen LogP contribution in [0.25, 0.3) is 5.76 Å². The molecule has 2 aromatic carbocycles. The van der Waals surface area contributed by atoms with Gasteiger partial charge in [-0.15, -0.1) is 0 Å². The van der Waals surface area contributed by atoms with Crippen molar-refractivity contribution in [1.29, 1.82) is 0 Å². The molecule has 0 saturated carbocycles. The van der Waals surface area contributed by atoms with E-state index in [2.05, 4.69) is 0 Å². The molecule has 23 heavy (non-hydrogen) atoms. The van der Waals surface area contributed by atoms with Crippen LogP contribution in [0.15, 0.2) is 54.6 Å². The highest BCUT2D eigenvalue weighted by Crippen LogP contribution is 2.19. The van der Waals surface area contributed by atoms with Gasteiger partial charge in [-0.3, -0.25) is 4.79 Å². The summed E-state index contributed by atoms with van der Waals surface area (Å²) in [5, 5.41) is 18.4. The molecule has 0 aromatic heterocycles. The fourth-order valence-corrected chi connectivity index (χ4v) is 2.13. The first kappa shape index (κ1) is 16.3. The smallest absolute Gasteiger partial charge is 0.376 e. The number of rotatable bonds is 6. The molecule has 0 aliphatic rings. The van der Waals surface area contributed by atoms with E-state index in [1.165, 1.54) is 0 Å². The van der Waals surface area contributed by atoms with E-state index in [-0.39, 0.29) is 5.76 Å². The van der Waals surface area contributed by atoms with Crippen molar-refractivity contribution in [3.8, 4) is 5.75 Å². The van der Waals surface area contributed by atoms with E-state index < -0.39 is 11.8 Å². The van der Waals surface area contributed by atoms with E-state index in [9.17, 15) is 14.7 Å². The molecule has 0 saturated heterocycles. The van der Waals surface area contributed by atoms with Gasteiger partial charge in [0.1, 0.15) is 11.5 Å². The third-order valence-corrected chi connectivity index (χ3v) is 3.24. The third kappa shape index (κ3) is 4.44. The van der Waals surface area contributed by atoms with Gasteiger partial charge in [0.25, 0.3) is 5.78 Å². The SMILES string of the molecule is COc1cccc(Cc2cccc(/C(O)=C/C(=O)C(=O)O)c2)c1. The fraction of sp³-hybridized carbons (Fsp3) is 0.111. The molecule has 0 spiro atoms. The number of methoxy groups -OCH3 is 1. The maximum atomic E-state index is 11.1. The highest BCUT2D eigenvalue weighted by Gasteiger charge is 2.11. The third-order valence-electron chi connectivity index (χ3n) is 3.24. The maximum absolute atomic E-state index is 11.1. The van der Waals surface area contributed by atoms with Gasteiger partial charge in [0, 0.05) is 11.6 Å². The summed E-state index contributed by atoms with van der Waals surface area (Å²) in [5.74, 6) is -2.39. The number of ketones is 1. The van der Waals surface area contributed by atoms with Gasteiger partial charge < -0.3 is 14.9 Å². The summed E-state index contributed by atoms with van der Waals surface area (Å²) in [5.41, 5.74) is 2.34. The maximum Gasteiger partial charge on any atom is 0.376 e. The molecule has 2 rings (SSSR count). The Balaban J connectivity index is 2.22. The van der Waals surface area contributed by atoms with Gasteiger partial charge in [-0.05, 0) is 35.7 Å². The molecule has 2 N–H and O–H groups in total. The zero-order valence-electron chi connectivity index (χ0n) is 12.5. The van der Waals surface area contributed by atoms with Crippen molar-refractivity contribution in [2.24, 2.45) is 0 Å². The van der Waals surface area contributed by atoms with Crippen LogP contribution in [0.3, 0.4) is 0 Å². The highest BCUT2D eigenvalue weighted by molar-refractivity contribution is 6.38. The van der Waals surface area contributed by atoms with E-state index in [1.807, 2.05) is 30.3 Å². The average molecular weight is 312 g/mol. The Hall–Kier alpha value is -3.08. The number of carbonyl (C=O) groups excluding carboxylic acids is 1. The summed E-state index contributed by atoms with van der Waals surface area (Å²) in [4.78, 5) is 21.6. The monoisotopic (exact) mass is 312 g/mol. The number of benzene rings is 2. The molecular formula is C18H16O5. The first-order valence-electron chi connectivity index (χ1n) is 6.90. The van der Waals surface area contributed by atoms with Crippen molar-refractivity contribution in [3.63, 3.8) is 0 Å². The number of aliphatic hydroxyl groups is 1. The summed E-state index contributed by atoms with van der Waals surface area (Å²) < 4.78 is 5.18. The lowest BCUT2D eigenvalue weighted by Crippen LogP contribution is -2.09. The van der Waals surface area contributed by atoms with Crippen LogP contribution in [-0.4, -0.2) is 29.1 Å². The van der Waals surface area contributed by atoms with Crippen molar-refractivity contribution in [3.05, 3.63) is 71.3 Å². The Bertz CT molecular complexity index is 762. The van der Waals surface area contributed by atoms with Crippen molar-refractivity contribution in [1.82, 2.24) is 0 Å². The molecule has 118 valence electrons. The second kappa shape index (κ2) is 7.26. The molecule has 0 heterocycles. The summed E-state index contributed by atoms with van der Waals surface area (Å²) in [7, 11) is 1.60. The molecule has 5 heteroatoms. The number of hydrogen-bond donors (Lipinski definition) is 2. The summed E-state index contributed by atoms with van der Waals surface area (Å²) >= 11 is 0. The number of carboxylic acid groups (broad SMARTS) is 1. The molecule has 0 radical (unpaired) electrons. The Labute approximate surface area is 133 Å². The van der Waals surface area contributed by atoms with E-state index in [4.69, 9.17) is 9.84 Å². The average Bonchev–Trinajstić information content (AvgIpc) is 2.55. The first-order chi connectivity index (χ1) is 11.0. The molecule has 2 aromatic rings. The molecule has 0 unspecified atom stereocenters. The quantitative estimate of drug-likeness (QED) is 0.487. The summed E-state index contributed by atoms with van der Waals surface area (Å²) in [6.07, 6.45) is 1.32. The lowest BCUT2D eigenvalue weighted by molar-refractivity contribution is -0.146. The van der Waals surface area contributed by atoms with Crippen LogP contribution in [0.4, 0.5) is 0 Å². The van der Waals surface area contributed by atoms with Crippen LogP contribution >= 0.6 is 0 Å². The van der Waals surface area contributed by atoms with Gasteiger partial charge in [-0.1, -0.05) is 30.3 Å². The summed E-state index contributed by atoms with van der Waals surface area (Å²) in [6, 6.07) is 14.5. The molecule has 0 bridgehead atoms. The topological polar surface area (TPSA) is 83.8 Å². The van der Waals surface area contributed by atoms with Gasteiger partial charge in [0.15, 0.2) is 0 Å². The largest absolute Gasteiger partial charge is 0.507 e. The van der Waals surface area contributed by atoms with Crippen LogP contribution in [-0.2, 0) is 16.0 Å². The highest BCUT2D eigenvalue weighted by atomic mass is 16.5. The predicted octanol–water partition coefficient (Wildman–Crippen LogP) is 2.84. The minimum atomic E-state index is -1.61. The molecular weight excluding hydrogens is 296 g/mol. The van der Waals surface area contributed by atoms with Crippen molar-refractivity contribution >= 4 is 17.5 Å². The van der Waals surface area contributed by atoms with Crippen LogP contribution in [0.2, 0.25) is 0 Å². The fourth-order valence-electron chi connectivity index (χ4n) is 2.13. The number of aliphatic hydroxyl groups excluding tert-OH is 1. The Kier molecular flexibility index (Phi) is 5.15. The first-order valence-corrected chi connectivity index (χ1v) is 6.90.